The average Bonchev–Trinajstić information content (AvgIpc) is 2.96. The minimum atomic E-state index is -0.0802. The van der Waals surface area contributed by atoms with Crippen LogP contribution in [0.3, 0.4) is 0 Å². The van der Waals surface area contributed by atoms with Crippen molar-refractivity contribution >= 4 is 23.5 Å². The fourth-order valence-electron chi connectivity index (χ4n) is 2.29. The number of nitrogens with one attached hydrogen (secondary N) is 2. The van der Waals surface area contributed by atoms with Crippen molar-refractivity contribution in [2.75, 3.05) is 24.7 Å². The summed E-state index contributed by atoms with van der Waals surface area (Å²) in [4.78, 5) is 16.9. The highest BCUT2D eigenvalue weighted by molar-refractivity contribution is 8.00. The lowest BCUT2D eigenvalue weighted by Crippen LogP contribution is -2.30. The number of nitrogens with zero attached hydrogens (tertiary/aromatic N) is 1. The second-order valence-corrected chi connectivity index (χ2v) is 7.88. The molecule has 1 atom stereocenters. The van der Waals surface area contributed by atoms with Crippen molar-refractivity contribution in [3.8, 4) is 0 Å². The van der Waals surface area contributed by atoms with E-state index in [-0.39, 0.29) is 11.3 Å². The van der Waals surface area contributed by atoms with Crippen molar-refractivity contribution in [3.05, 3.63) is 23.4 Å². The third-order valence-electron chi connectivity index (χ3n) is 3.63. The number of carbonyl (C=O) groups is 1. The lowest BCUT2D eigenvalue weighted by molar-refractivity contribution is 0.0953. The smallest absolute Gasteiger partial charge is 0.251 e. The number of anilines is 1. The summed E-state index contributed by atoms with van der Waals surface area (Å²) in [7, 11) is 1.83. The van der Waals surface area contributed by atoms with E-state index in [0.717, 1.165) is 18.1 Å². The Hall–Kier alpha value is -1.23. The maximum absolute atomic E-state index is 12.4. The molecule has 1 unspecified atom stereocenters. The van der Waals surface area contributed by atoms with E-state index in [1.54, 1.807) is 0 Å². The van der Waals surface area contributed by atoms with Gasteiger partial charge in [0.1, 0.15) is 5.82 Å². The predicted molar refractivity (Wildman–Crippen MR) is 90.3 cm³/mol. The third kappa shape index (κ3) is 4.37. The van der Waals surface area contributed by atoms with Gasteiger partial charge in [0.25, 0.3) is 5.91 Å². The number of aromatic nitrogens is 1. The first-order valence-corrected chi connectivity index (χ1v) is 8.55. The molecule has 0 aromatic carbocycles. The molecule has 1 saturated heterocycles. The van der Waals surface area contributed by atoms with Crippen molar-refractivity contribution in [1.29, 1.82) is 0 Å². The highest BCUT2D eigenvalue weighted by atomic mass is 32.2. The topological polar surface area (TPSA) is 54.0 Å². The lowest BCUT2D eigenvalue weighted by Gasteiger charge is -2.20. The van der Waals surface area contributed by atoms with Crippen molar-refractivity contribution in [2.24, 2.45) is 0 Å². The fraction of sp³-hybridized carbons (Fsp3) is 0.625. The van der Waals surface area contributed by atoms with Crippen LogP contribution in [0.2, 0.25) is 0 Å². The number of thioether (sulfide) groups is 1. The zero-order valence-electron chi connectivity index (χ0n) is 13.3. The first-order valence-electron chi connectivity index (χ1n) is 7.50. The highest BCUT2D eigenvalue weighted by Gasteiger charge is 2.20. The quantitative estimate of drug-likeness (QED) is 0.898. The Kier molecular flexibility index (Phi) is 5.14. The summed E-state index contributed by atoms with van der Waals surface area (Å²) in [5, 5.41) is 6.66. The fourth-order valence-corrected chi connectivity index (χ4v) is 3.49. The standard InChI is InChI=1S/C16H25N3OS/c1-16(2,3)13-8-11(9-14(17-4)19-13)15(20)18-10-12-6-5-7-21-12/h8-9,12H,5-7,10H2,1-4H3,(H,17,19)(H,18,20). The molecular weight excluding hydrogens is 282 g/mol. The van der Waals surface area contributed by atoms with Crippen LogP contribution in [0.1, 0.15) is 49.7 Å². The molecule has 116 valence electrons. The van der Waals surface area contributed by atoms with Crippen LogP contribution in [0.5, 0.6) is 0 Å². The molecule has 2 rings (SSSR count). The highest BCUT2D eigenvalue weighted by Crippen LogP contribution is 2.26. The second-order valence-electron chi connectivity index (χ2n) is 6.47. The molecule has 1 aromatic heterocycles. The monoisotopic (exact) mass is 307 g/mol. The zero-order chi connectivity index (χ0) is 15.5. The van der Waals surface area contributed by atoms with E-state index in [1.807, 2.05) is 30.9 Å². The van der Waals surface area contributed by atoms with E-state index in [1.165, 1.54) is 18.6 Å². The van der Waals surface area contributed by atoms with Crippen molar-refractivity contribution in [2.45, 2.75) is 44.3 Å². The first-order chi connectivity index (χ1) is 9.90. The van der Waals surface area contributed by atoms with Gasteiger partial charge in [0.2, 0.25) is 0 Å². The van der Waals surface area contributed by atoms with Crippen LogP contribution in [-0.4, -0.2) is 35.5 Å². The molecule has 0 aliphatic carbocycles. The predicted octanol–water partition coefficient (Wildman–Crippen LogP) is 3.05. The van der Waals surface area contributed by atoms with Gasteiger partial charge in [0.15, 0.2) is 0 Å². The van der Waals surface area contributed by atoms with Gasteiger partial charge in [-0.25, -0.2) is 4.98 Å². The van der Waals surface area contributed by atoms with Crippen LogP contribution in [-0.2, 0) is 5.41 Å². The summed E-state index contributed by atoms with van der Waals surface area (Å²) < 4.78 is 0. The van der Waals surface area contributed by atoms with Gasteiger partial charge >= 0.3 is 0 Å². The van der Waals surface area contributed by atoms with Crippen LogP contribution in [0, 0.1) is 0 Å². The molecule has 0 saturated carbocycles. The van der Waals surface area contributed by atoms with E-state index < -0.39 is 0 Å². The normalized spacial score (nSPS) is 18.6. The number of hydrogen-bond donors (Lipinski definition) is 2. The van der Waals surface area contributed by atoms with Crippen LogP contribution in [0.25, 0.3) is 0 Å². The summed E-state index contributed by atoms with van der Waals surface area (Å²) >= 11 is 1.96. The molecule has 1 aliphatic rings. The second kappa shape index (κ2) is 6.69. The Morgan fingerprint density at radius 2 is 2.19 bits per heavy atom. The summed E-state index contributed by atoms with van der Waals surface area (Å²) in [5.74, 6) is 1.95. The molecule has 21 heavy (non-hydrogen) atoms. The molecule has 1 amide bonds. The van der Waals surface area contributed by atoms with Crippen molar-refractivity contribution < 1.29 is 4.79 Å². The molecule has 0 bridgehead atoms. The molecule has 2 heterocycles. The Bertz CT molecular complexity index is 505. The first kappa shape index (κ1) is 16.1. The summed E-state index contributed by atoms with van der Waals surface area (Å²) in [6.07, 6.45) is 2.47. The van der Waals surface area contributed by atoms with Gasteiger partial charge in [-0.3, -0.25) is 4.79 Å². The largest absolute Gasteiger partial charge is 0.373 e. The Labute approximate surface area is 131 Å². The number of pyridine rings is 1. The van der Waals surface area contributed by atoms with Crippen LogP contribution in [0.4, 0.5) is 5.82 Å². The zero-order valence-corrected chi connectivity index (χ0v) is 14.1. The van der Waals surface area contributed by atoms with Gasteiger partial charge in [-0.1, -0.05) is 20.8 Å². The summed E-state index contributed by atoms with van der Waals surface area (Å²) in [5.41, 5.74) is 1.53. The summed E-state index contributed by atoms with van der Waals surface area (Å²) in [6, 6.07) is 3.71. The third-order valence-corrected chi connectivity index (χ3v) is 5.02. The maximum atomic E-state index is 12.4. The molecule has 0 radical (unpaired) electrons. The molecule has 1 aromatic rings. The van der Waals surface area contributed by atoms with E-state index in [0.29, 0.717) is 10.8 Å². The molecule has 1 fully saturated rings. The molecule has 2 N–H and O–H groups in total. The van der Waals surface area contributed by atoms with E-state index in [9.17, 15) is 4.79 Å². The molecule has 5 heteroatoms. The Morgan fingerprint density at radius 1 is 1.43 bits per heavy atom. The molecule has 4 nitrogen and oxygen atoms in total. The van der Waals surface area contributed by atoms with Gasteiger partial charge in [-0.05, 0) is 30.7 Å². The molecule has 0 spiro atoms. The van der Waals surface area contributed by atoms with Crippen molar-refractivity contribution in [3.63, 3.8) is 0 Å². The number of amides is 1. The van der Waals surface area contributed by atoms with Gasteiger partial charge in [-0.15, -0.1) is 0 Å². The number of rotatable bonds is 4. The minimum Gasteiger partial charge on any atom is -0.373 e. The SMILES string of the molecule is CNc1cc(C(=O)NCC2CCCS2)cc(C(C)(C)C)n1. The van der Waals surface area contributed by atoms with Crippen LogP contribution in [0.15, 0.2) is 12.1 Å². The Balaban J connectivity index is 2.11. The van der Waals surface area contributed by atoms with Gasteiger partial charge in [0.05, 0.1) is 0 Å². The average molecular weight is 307 g/mol. The Morgan fingerprint density at radius 3 is 2.76 bits per heavy atom. The summed E-state index contributed by atoms with van der Waals surface area (Å²) in [6.45, 7) is 7.06. The minimum absolute atomic E-state index is 0.00750. The molecule has 1 aliphatic heterocycles. The molecular formula is C16H25N3OS. The van der Waals surface area contributed by atoms with E-state index >= 15 is 0 Å². The maximum Gasteiger partial charge on any atom is 0.251 e. The van der Waals surface area contributed by atoms with Gasteiger partial charge in [-0.2, -0.15) is 11.8 Å². The van der Waals surface area contributed by atoms with Gasteiger partial charge < -0.3 is 10.6 Å². The van der Waals surface area contributed by atoms with Crippen LogP contribution < -0.4 is 10.6 Å². The number of hydrogen-bond acceptors (Lipinski definition) is 4. The van der Waals surface area contributed by atoms with Gasteiger partial charge in [0, 0.05) is 35.5 Å². The van der Waals surface area contributed by atoms with Crippen molar-refractivity contribution in [1.82, 2.24) is 10.3 Å². The number of carbonyl (C=O) groups excluding carboxylic acids is 1. The lowest BCUT2D eigenvalue weighted by atomic mass is 9.90. The van der Waals surface area contributed by atoms with Crippen LogP contribution >= 0.6 is 11.8 Å². The van der Waals surface area contributed by atoms with E-state index in [4.69, 9.17) is 0 Å². The van der Waals surface area contributed by atoms with E-state index in [2.05, 4.69) is 36.4 Å².